The van der Waals surface area contributed by atoms with Crippen molar-refractivity contribution in [2.24, 2.45) is 0 Å². The predicted molar refractivity (Wildman–Crippen MR) is 156 cm³/mol. The maximum absolute atomic E-state index is 13.9. The average molecular weight is 531 g/mol. The Balaban J connectivity index is 1.55. The number of hydrogen-bond donors (Lipinski definition) is 1. The molecule has 3 aromatic rings. The molecule has 2 amide bonds. The van der Waals surface area contributed by atoms with Gasteiger partial charge in [0.25, 0.3) is 5.91 Å². The van der Waals surface area contributed by atoms with Crippen molar-refractivity contribution in [1.29, 1.82) is 0 Å². The lowest BCUT2D eigenvalue weighted by Gasteiger charge is -2.30. The molecule has 6 heteroatoms. The number of ether oxygens (including phenoxy) is 1. The minimum atomic E-state index is -0.555. The fourth-order valence-electron chi connectivity index (χ4n) is 4.68. The Morgan fingerprint density at radius 2 is 1.66 bits per heavy atom. The van der Waals surface area contributed by atoms with Gasteiger partial charge in [-0.1, -0.05) is 75.4 Å². The Hall–Kier alpha value is -3.25. The number of rotatable bonds is 8. The molecule has 0 radical (unpaired) electrons. The van der Waals surface area contributed by atoms with Crippen LogP contribution in [0.5, 0.6) is 5.75 Å². The zero-order chi connectivity index (χ0) is 27.3. The van der Waals surface area contributed by atoms with Crippen molar-refractivity contribution in [1.82, 2.24) is 10.2 Å². The molecule has 1 fully saturated rings. The average Bonchev–Trinajstić information content (AvgIpc) is 3.37. The number of nitrogens with zero attached hydrogens (tertiary/aromatic N) is 1. The van der Waals surface area contributed by atoms with Gasteiger partial charge in [-0.3, -0.25) is 9.59 Å². The lowest BCUT2D eigenvalue weighted by molar-refractivity contribution is -0.125. The maximum atomic E-state index is 13.9. The highest BCUT2D eigenvalue weighted by atomic mass is 32.2. The van der Waals surface area contributed by atoms with Crippen LogP contribution in [-0.2, 0) is 16.6 Å². The van der Waals surface area contributed by atoms with Crippen LogP contribution in [0.15, 0.2) is 78.9 Å². The topological polar surface area (TPSA) is 58.6 Å². The normalized spacial score (nSPS) is 18.2. The van der Waals surface area contributed by atoms with Crippen LogP contribution in [0.3, 0.4) is 0 Å². The number of benzene rings is 3. The molecule has 3 unspecified atom stereocenters. The van der Waals surface area contributed by atoms with E-state index in [0.29, 0.717) is 17.1 Å². The Morgan fingerprint density at radius 3 is 2.26 bits per heavy atom. The molecule has 0 aromatic heterocycles. The molecule has 0 spiro atoms. The summed E-state index contributed by atoms with van der Waals surface area (Å²) in [6.07, 6.45) is 1.72. The van der Waals surface area contributed by atoms with E-state index in [1.165, 1.54) is 11.1 Å². The number of thioether (sulfide) groups is 1. The van der Waals surface area contributed by atoms with Gasteiger partial charge < -0.3 is 15.0 Å². The summed E-state index contributed by atoms with van der Waals surface area (Å²) < 4.78 is 5.27. The van der Waals surface area contributed by atoms with Crippen LogP contribution >= 0.6 is 11.8 Å². The van der Waals surface area contributed by atoms with Crippen molar-refractivity contribution in [3.05, 3.63) is 101 Å². The molecule has 1 aliphatic rings. The highest BCUT2D eigenvalue weighted by molar-refractivity contribution is 7.99. The monoisotopic (exact) mass is 530 g/mol. The SMILES string of the molecule is COc1ccc(C(=O)N2C(C(=O)NC(C)CCc3ccccc3)CSC2c2ccc(C(C)(C)C)cc2)cc1. The van der Waals surface area contributed by atoms with E-state index in [0.717, 1.165) is 18.4 Å². The molecule has 4 rings (SSSR count). The van der Waals surface area contributed by atoms with Crippen molar-refractivity contribution < 1.29 is 14.3 Å². The number of methoxy groups -OCH3 is 1. The Kier molecular flexibility index (Phi) is 8.83. The third-order valence-electron chi connectivity index (χ3n) is 7.03. The molecule has 3 atom stereocenters. The smallest absolute Gasteiger partial charge is 0.255 e. The molecule has 200 valence electrons. The maximum Gasteiger partial charge on any atom is 0.255 e. The van der Waals surface area contributed by atoms with Gasteiger partial charge in [0.15, 0.2) is 0 Å². The number of aryl methyl sites for hydroxylation is 1. The fraction of sp³-hybridized carbons (Fsp3) is 0.375. The van der Waals surface area contributed by atoms with Gasteiger partial charge in [0, 0.05) is 17.4 Å². The van der Waals surface area contributed by atoms with Crippen LogP contribution in [0, 0.1) is 0 Å². The summed E-state index contributed by atoms with van der Waals surface area (Å²) in [5.41, 5.74) is 4.09. The van der Waals surface area contributed by atoms with E-state index in [2.05, 4.69) is 62.5 Å². The highest BCUT2D eigenvalue weighted by Crippen LogP contribution is 2.43. The second kappa shape index (κ2) is 12.1. The number of carbonyl (C=O) groups is 2. The van der Waals surface area contributed by atoms with Gasteiger partial charge in [0.1, 0.15) is 17.2 Å². The van der Waals surface area contributed by atoms with E-state index in [4.69, 9.17) is 4.74 Å². The van der Waals surface area contributed by atoms with E-state index in [1.807, 2.05) is 25.1 Å². The molecule has 5 nitrogen and oxygen atoms in total. The first-order valence-electron chi connectivity index (χ1n) is 13.2. The minimum Gasteiger partial charge on any atom is -0.497 e. The molecular weight excluding hydrogens is 492 g/mol. The lowest BCUT2D eigenvalue weighted by Crippen LogP contribution is -2.50. The number of carbonyl (C=O) groups excluding carboxylic acids is 2. The molecule has 1 heterocycles. The van der Waals surface area contributed by atoms with E-state index in [1.54, 1.807) is 48.0 Å². The van der Waals surface area contributed by atoms with Gasteiger partial charge >= 0.3 is 0 Å². The van der Waals surface area contributed by atoms with Crippen LogP contribution < -0.4 is 10.1 Å². The van der Waals surface area contributed by atoms with E-state index < -0.39 is 6.04 Å². The Bertz CT molecular complexity index is 1220. The molecule has 1 saturated heterocycles. The first-order valence-corrected chi connectivity index (χ1v) is 14.3. The molecule has 0 aliphatic carbocycles. The van der Waals surface area contributed by atoms with Gasteiger partial charge in [-0.15, -0.1) is 11.8 Å². The number of nitrogens with one attached hydrogen (secondary N) is 1. The van der Waals surface area contributed by atoms with E-state index >= 15 is 0 Å². The molecule has 1 aliphatic heterocycles. The molecule has 0 saturated carbocycles. The standard InChI is InChI=1S/C32H38N2O3S/c1-22(11-12-23-9-7-6-8-10-23)33-29(35)28-21-38-31(25-13-17-26(18-14-25)32(2,3)4)34(28)30(36)24-15-19-27(37-5)20-16-24/h6-10,13-20,22,28,31H,11-12,21H2,1-5H3,(H,33,35). The molecule has 0 bridgehead atoms. The van der Waals surface area contributed by atoms with Crippen molar-refractivity contribution in [2.75, 3.05) is 12.9 Å². The van der Waals surface area contributed by atoms with Crippen LogP contribution in [0.4, 0.5) is 0 Å². The molecular formula is C32H38N2O3S. The third-order valence-corrected chi connectivity index (χ3v) is 8.36. The summed E-state index contributed by atoms with van der Waals surface area (Å²) in [6, 6.07) is 25.3. The zero-order valence-electron chi connectivity index (χ0n) is 22.9. The summed E-state index contributed by atoms with van der Waals surface area (Å²) in [5.74, 6) is 0.978. The zero-order valence-corrected chi connectivity index (χ0v) is 23.8. The van der Waals surface area contributed by atoms with Crippen molar-refractivity contribution in [3.8, 4) is 5.75 Å². The first kappa shape index (κ1) is 27.8. The van der Waals surface area contributed by atoms with Crippen molar-refractivity contribution in [3.63, 3.8) is 0 Å². The van der Waals surface area contributed by atoms with Crippen molar-refractivity contribution >= 4 is 23.6 Å². The summed E-state index contributed by atoms with van der Waals surface area (Å²) in [7, 11) is 1.60. The lowest BCUT2D eigenvalue weighted by atomic mass is 9.86. The summed E-state index contributed by atoms with van der Waals surface area (Å²) in [4.78, 5) is 29.2. The second-order valence-electron chi connectivity index (χ2n) is 10.9. The summed E-state index contributed by atoms with van der Waals surface area (Å²) >= 11 is 1.64. The summed E-state index contributed by atoms with van der Waals surface area (Å²) in [5, 5.41) is 2.94. The van der Waals surface area contributed by atoms with Crippen LogP contribution in [0.1, 0.15) is 66.5 Å². The quantitative estimate of drug-likeness (QED) is 0.367. The first-order chi connectivity index (χ1) is 18.2. The molecule has 38 heavy (non-hydrogen) atoms. The molecule has 3 aromatic carbocycles. The van der Waals surface area contributed by atoms with Gasteiger partial charge in [-0.25, -0.2) is 0 Å². The third kappa shape index (κ3) is 6.60. The summed E-state index contributed by atoms with van der Waals surface area (Å²) in [6.45, 7) is 8.59. The van der Waals surface area contributed by atoms with Gasteiger partial charge in [0.2, 0.25) is 5.91 Å². The van der Waals surface area contributed by atoms with E-state index in [-0.39, 0.29) is 28.6 Å². The van der Waals surface area contributed by atoms with E-state index in [9.17, 15) is 9.59 Å². The highest BCUT2D eigenvalue weighted by Gasteiger charge is 2.43. The second-order valence-corrected chi connectivity index (χ2v) is 12.1. The fourth-order valence-corrected chi connectivity index (χ4v) is 6.11. The Labute approximate surface area is 231 Å². The predicted octanol–water partition coefficient (Wildman–Crippen LogP) is 6.39. The van der Waals surface area contributed by atoms with Crippen LogP contribution in [0.25, 0.3) is 0 Å². The number of hydrogen-bond acceptors (Lipinski definition) is 4. The molecule has 1 N–H and O–H groups in total. The van der Waals surface area contributed by atoms with Crippen LogP contribution in [0.2, 0.25) is 0 Å². The van der Waals surface area contributed by atoms with Gasteiger partial charge in [0.05, 0.1) is 7.11 Å². The van der Waals surface area contributed by atoms with Crippen molar-refractivity contribution in [2.45, 2.75) is 63.4 Å². The number of amides is 2. The van der Waals surface area contributed by atoms with Gasteiger partial charge in [-0.2, -0.15) is 0 Å². The Morgan fingerprint density at radius 1 is 1.00 bits per heavy atom. The van der Waals surface area contributed by atoms with Gasteiger partial charge in [-0.05, 0) is 66.1 Å². The largest absolute Gasteiger partial charge is 0.497 e. The van der Waals surface area contributed by atoms with Crippen LogP contribution in [-0.4, -0.2) is 41.7 Å². The minimum absolute atomic E-state index is 0.00392.